The Hall–Kier alpha value is -3.40. The fourth-order valence-corrected chi connectivity index (χ4v) is 4.16. The Morgan fingerprint density at radius 2 is 1.58 bits per heavy atom. The second-order valence-corrected chi connectivity index (χ2v) is 8.13. The zero-order chi connectivity index (χ0) is 21.5. The van der Waals surface area contributed by atoms with Gasteiger partial charge in [0.05, 0.1) is 5.54 Å². The van der Waals surface area contributed by atoms with Gasteiger partial charge in [-0.15, -0.1) is 0 Å². The molecule has 0 heterocycles. The number of hydrogen-bond acceptors (Lipinski definition) is 3. The number of nitrogens with zero attached hydrogens (tertiary/aromatic N) is 1. The first-order valence-corrected chi connectivity index (χ1v) is 10.8. The highest BCUT2D eigenvalue weighted by atomic mass is 16.5. The molecule has 4 rings (SSSR count). The van der Waals surface area contributed by atoms with Crippen molar-refractivity contribution in [1.29, 1.82) is 0 Å². The number of benzene rings is 3. The van der Waals surface area contributed by atoms with Gasteiger partial charge in [0.2, 0.25) is 0 Å². The summed E-state index contributed by atoms with van der Waals surface area (Å²) in [6.07, 6.45) is 4.06. The van der Waals surface area contributed by atoms with Gasteiger partial charge in [-0.3, -0.25) is 4.79 Å². The third kappa shape index (κ3) is 4.85. The van der Waals surface area contributed by atoms with E-state index in [2.05, 4.69) is 0 Å². The molecule has 0 aliphatic heterocycles. The molecule has 1 fully saturated rings. The maximum Gasteiger partial charge on any atom is 0.254 e. The Morgan fingerprint density at radius 1 is 0.903 bits per heavy atom. The van der Waals surface area contributed by atoms with Crippen molar-refractivity contribution < 1.29 is 14.3 Å². The lowest BCUT2D eigenvalue weighted by molar-refractivity contribution is -0.111. The van der Waals surface area contributed by atoms with Crippen LogP contribution < -0.4 is 4.74 Å². The van der Waals surface area contributed by atoms with Crippen LogP contribution in [-0.4, -0.2) is 22.6 Å². The summed E-state index contributed by atoms with van der Waals surface area (Å²) in [6, 6.07) is 27.2. The quantitative estimate of drug-likeness (QED) is 0.440. The molecule has 0 unspecified atom stereocenters. The summed E-state index contributed by atoms with van der Waals surface area (Å²) in [7, 11) is 0. The number of carbonyl (C=O) groups is 2. The molecule has 0 atom stereocenters. The summed E-state index contributed by atoms with van der Waals surface area (Å²) < 4.78 is 5.93. The Balaban J connectivity index is 1.57. The Labute approximate surface area is 183 Å². The van der Waals surface area contributed by atoms with Crippen LogP contribution in [0.3, 0.4) is 0 Å². The van der Waals surface area contributed by atoms with Crippen molar-refractivity contribution in [2.75, 3.05) is 0 Å². The predicted molar refractivity (Wildman–Crippen MR) is 121 cm³/mol. The highest BCUT2D eigenvalue weighted by Gasteiger charge is 2.44. The monoisotopic (exact) mass is 413 g/mol. The Morgan fingerprint density at radius 3 is 2.19 bits per heavy atom. The average molecular weight is 414 g/mol. The third-order valence-electron chi connectivity index (χ3n) is 6.08. The van der Waals surface area contributed by atoms with E-state index in [1.807, 2.05) is 83.8 Å². The minimum Gasteiger partial charge on any atom is -0.489 e. The van der Waals surface area contributed by atoms with Gasteiger partial charge in [0.15, 0.2) is 0 Å². The molecule has 31 heavy (non-hydrogen) atoms. The maximum absolute atomic E-state index is 13.6. The zero-order valence-corrected chi connectivity index (χ0v) is 17.6. The second kappa shape index (κ2) is 9.61. The SMILES string of the molecule is O=CCC1(N(Cc2ccccc2)C(=O)c2cccc(OCc3ccccc3)c2)CCC1. The summed E-state index contributed by atoms with van der Waals surface area (Å²) in [5.41, 5.74) is 2.32. The van der Waals surface area contributed by atoms with Crippen molar-refractivity contribution >= 4 is 12.2 Å². The molecule has 0 saturated heterocycles. The maximum atomic E-state index is 13.6. The molecule has 1 saturated carbocycles. The first kappa shape index (κ1) is 20.9. The van der Waals surface area contributed by atoms with Crippen LogP contribution in [-0.2, 0) is 17.9 Å². The number of aldehydes is 1. The summed E-state index contributed by atoms with van der Waals surface area (Å²) in [6.45, 7) is 0.934. The lowest BCUT2D eigenvalue weighted by Gasteiger charge is -2.49. The normalized spacial score (nSPS) is 14.3. The molecule has 158 valence electrons. The molecule has 4 heteroatoms. The van der Waals surface area contributed by atoms with E-state index in [-0.39, 0.29) is 5.91 Å². The smallest absolute Gasteiger partial charge is 0.254 e. The van der Waals surface area contributed by atoms with Crippen LogP contribution in [0.15, 0.2) is 84.9 Å². The molecule has 0 aromatic heterocycles. The molecular formula is C27H27NO3. The molecule has 1 aliphatic rings. The van der Waals surface area contributed by atoms with Gasteiger partial charge in [-0.25, -0.2) is 0 Å². The van der Waals surface area contributed by atoms with Gasteiger partial charge in [-0.2, -0.15) is 0 Å². The molecule has 4 nitrogen and oxygen atoms in total. The van der Waals surface area contributed by atoms with Gasteiger partial charge in [0.1, 0.15) is 18.6 Å². The van der Waals surface area contributed by atoms with Crippen molar-refractivity contribution in [2.24, 2.45) is 0 Å². The molecule has 3 aromatic rings. The van der Waals surface area contributed by atoms with E-state index in [1.54, 1.807) is 6.07 Å². The van der Waals surface area contributed by atoms with E-state index in [0.29, 0.717) is 30.9 Å². The van der Waals surface area contributed by atoms with Gasteiger partial charge in [-0.05, 0) is 48.6 Å². The van der Waals surface area contributed by atoms with E-state index in [9.17, 15) is 9.59 Å². The molecule has 0 N–H and O–H groups in total. The van der Waals surface area contributed by atoms with E-state index in [0.717, 1.165) is 36.7 Å². The number of hydrogen-bond donors (Lipinski definition) is 0. The van der Waals surface area contributed by atoms with Gasteiger partial charge < -0.3 is 14.4 Å². The summed E-state index contributed by atoms with van der Waals surface area (Å²) in [5.74, 6) is 0.600. The number of rotatable bonds is 9. The first-order valence-electron chi connectivity index (χ1n) is 10.8. The molecule has 1 aliphatic carbocycles. The van der Waals surface area contributed by atoms with Gasteiger partial charge in [0.25, 0.3) is 5.91 Å². The minimum absolute atomic E-state index is 0.0597. The molecule has 0 spiro atoms. The number of amides is 1. The summed E-state index contributed by atoms with van der Waals surface area (Å²) in [5, 5.41) is 0. The van der Waals surface area contributed by atoms with Crippen LogP contribution in [0.1, 0.15) is 47.2 Å². The Kier molecular flexibility index (Phi) is 6.46. The molecular weight excluding hydrogens is 386 g/mol. The van der Waals surface area contributed by atoms with Gasteiger partial charge in [0, 0.05) is 18.5 Å². The largest absolute Gasteiger partial charge is 0.489 e. The van der Waals surface area contributed by atoms with Gasteiger partial charge >= 0.3 is 0 Å². The highest BCUT2D eigenvalue weighted by Crippen LogP contribution is 2.42. The lowest BCUT2D eigenvalue weighted by Crippen LogP contribution is -2.56. The highest BCUT2D eigenvalue weighted by molar-refractivity contribution is 5.95. The van der Waals surface area contributed by atoms with Crippen molar-refractivity contribution in [2.45, 2.75) is 44.4 Å². The van der Waals surface area contributed by atoms with Crippen molar-refractivity contribution in [3.63, 3.8) is 0 Å². The number of carbonyl (C=O) groups excluding carboxylic acids is 2. The lowest BCUT2D eigenvalue weighted by atomic mass is 9.72. The summed E-state index contributed by atoms with van der Waals surface area (Å²) in [4.78, 5) is 27.0. The van der Waals surface area contributed by atoms with E-state index < -0.39 is 5.54 Å². The zero-order valence-electron chi connectivity index (χ0n) is 17.6. The van der Waals surface area contributed by atoms with Crippen LogP contribution >= 0.6 is 0 Å². The van der Waals surface area contributed by atoms with Crippen LogP contribution in [0.4, 0.5) is 0 Å². The second-order valence-electron chi connectivity index (χ2n) is 8.13. The molecule has 0 bridgehead atoms. The third-order valence-corrected chi connectivity index (χ3v) is 6.08. The topological polar surface area (TPSA) is 46.6 Å². The van der Waals surface area contributed by atoms with E-state index >= 15 is 0 Å². The van der Waals surface area contributed by atoms with Crippen LogP contribution in [0.2, 0.25) is 0 Å². The fraction of sp³-hybridized carbons (Fsp3) is 0.259. The number of ether oxygens (including phenoxy) is 1. The van der Waals surface area contributed by atoms with Crippen LogP contribution in [0, 0.1) is 0 Å². The van der Waals surface area contributed by atoms with E-state index in [1.165, 1.54) is 0 Å². The minimum atomic E-state index is -0.393. The average Bonchev–Trinajstić information content (AvgIpc) is 2.80. The molecule has 0 radical (unpaired) electrons. The van der Waals surface area contributed by atoms with Crippen molar-refractivity contribution in [3.8, 4) is 5.75 Å². The fourth-order valence-electron chi connectivity index (χ4n) is 4.16. The Bertz CT molecular complexity index is 1010. The molecule has 1 amide bonds. The summed E-state index contributed by atoms with van der Waals surface area (Å²) >= 11 is 0. The standard InChI is InChI=1S/C27H27NO3/c29-18-17-27(15-8-16-27)28(20-22-9-3-1-4-10-22)26(30)24-13-7-14-25(19-24)31-21-23-11-5-2-6-12-23/h1-7,9-14,18-19H,8,15-17,20-21H2. The van der Waals surface area contributed by atoms with Crippen LogP contribution in [0.25, 0.3) is 0 Å². The van der Waals surface area contributed by atoms with Crippen molar-refractivity contribution in [1.82, 2.24) is 4.90 Å². The van der Waals surface area contributed by atoms with Crippen LogP contribution in [0.5, 0.6) is 5.75 Å². The first-order chi connectivity index (χ1) is 15.2. The van der Waals surface area contributed by atoms with Gasteiger partial charge in [-0.1, -0.05) is 66.7 Å². The van der Waals surface area contributed by atoms with E-state index in [4.69, 9.17) is 4.74 Å². The van der Waals surface area contributed by atoms with Crippen molar-refractivity contribution in [3.05, 3.63) is 102 Å². The molecule has 3 aromatic carbocycles. The predicted octanol–water partition coefficient (Wildman–Crippen LogP) is 5.42.